The van der Waals surface area contributed by atoms with E-state index in [0.29, 0.717) is 11.6 Å². The van der Waals surface area contributed by atoms with E-state index in [2.05, 4.69) is 0 Å². The molecule has 0 bridgehead atoms. The van der Waals surface area contributed by atoms with Crippen molar-refractivity contribution in [3.8, 4) is 0 Å². The molecule has 0 spiro atoms. The molecule has 2 rings (SSSR count). The lowest BCUT2D eigenvalue weighted by molar-refractivity contribution is -0.135. The summed E-state index contributed by atoms with van der Waals surface area (Å²) in [6.07, 6.45) is 0.879. The van der Waals surface area contributed by atoms with Crippen LogP contribution in [0.5, 0.6) is 0 Å². The Bertz CT molecular complexity index is 459. The van der Waals surface area contributed by atoms with Crippen molar-refractivity contribution in [3.63, 3.8) is 0 Å². The highest BCUT2D eigenvalue weighted by molar-refractivity contribution is 6.31. The zero-order valence-electron chi connectivity index (χ0n) is 10.8. The van der Waals surface area contributed by atoms with E-state index < -0.39 is 5.41 Å². The Morgan fingerprint density at radius 2 is 2.11 bits per heavy atom. The maximum absolute atomic E-state index is 12.6. The van der Waals surface area contributed by atoms with Gasteiger partial charge < -0.3 is 10.6 Å². The first kappa shape index (κ1) is 13.4. The van der Waals surface area contributed by atoms with Crippen LogP contribution in [0.4, 0.5) is 0 Å². The first-order valence-corrected chi connectivity index (χ1v) is 6.60. The van der Waals surface area contributed by atoms with E-state index in [1.807, 2.05) is 43.0 Å². The minimum Gasteiger partial charge on any atom is -0.340 e. The number of nitrogens with two attached hydrogens (primary N) is 1. The summed E-state index contributed by atoms with van der Waals surface area (Å²) in [5.74, 6) is 0.101. The van der Waals surface area contributed by atoms with E-state index >= 15 is 0 Å². The van der Waals surface area contributed by atoms with Crippen LogP contribution in [-0.2, 0) is 10.2 Å². The van der Waals surface area contributed by atoms with Crippen molar-refractivity contribution in [1.82, 2.24) is 4.90 Å². The van der Waals surface area contributed by atoms with Gasteiger partial charge in [0.25, 0.3) is 0 Å². The first-order chi connectivity index (χ1) is 8.43. The summed E-state index contributed by atoms with van der Waals surface area (Å²) in [6.45, 7) is 5.22. The third kappa shape index (κ3) is 2.38. The van der Waals surface area contributed by atoms with Crippen LogP contribution in [0.3, 0.4) is 0 Å². The zero-order valence-corrected chi connectivity index (χ0v) is 11.6. The molecule has 1 saturated heterocycles. The Labute approximate surface area is 113 Å². The van der Waals surface area contributed by atoms with Gasteiger partial charge in [0.15, 0.2) is 0 Å². The number of likely N-dealkylation sites (tertiary alicyclic amines) is 1. The monoisotopic (exact) mass is 266 g/mol. The molecule has 1 aliphatic heterocycles. The number of hydrogen-bond donors (Lipinski definition) is 1. The quantitative estimate of drug-likeness (QED) is 0.892. The number of benzene rings is 1. The van der Waals surface area contributed by atoms with Gasteiger partial charge in [0, 0.05) is 24.2 Å². The average molecular weight is 267 g/mol. The van der Waals surface area contributed by atoms with Crippen molar-refractivity contribution in [2.75, 3.05) is 13.1 Å². The second kappa shape index (κ2) is 4.90. The SMILES string of the molecule is CC(C)(C(=O)N1CC[C@@H](N)C1)c1ccccc1Cl. The van der Waals surface area contributed by atoms with Gasteiger partial charge in [-0.05, 0) is 31.9 Å². The highest BCUT2D eigenvalue weighted by Gasteiger charge is 2.37. The summed E-state index contributed by atoms with van der Waals surface area (Å²) in [6, 6.07) is 7.62. The van der Waals surface area contributed by atoms with Crippen LogP contribution < -0.4 is 5.73 Å². The fourth-order valence-corrected chi connectivity index (χ4v) is 2.82. The van der Waals surface area contributed by atoms with Crippen LogP contribution in [0, 0.1) is 0 Å². The van der Waals surface area contributed by atoms with E-state index in [0.717, 1.165) is 18.5 Å². The fraction of sp³-hybridized carbons (Fsp3) is 0.500. The van der Waals surface area contributed by atoms with Gasteiger partial charge in [0.2, 0.25) is 5.91 Å². The van der Waals surface area contributed by atoms with Crippen molar-refractivity contribution in [2.45, 2.75) is 31.7 Å². The number of carbonyl (C=O) groups excluding carboxylic acids is 1. The smallest absolute Gasteiger partial charge is 0.232 e. The van der Waals surface area contributed by atoms with Crippen LogP contribution in [0.2, 0.25) is 5.02 Å². The Balaban J connectivity index is 2.26. The molecular formula is C14H19ClN2O. The highest BCUT2D eigenvalue weighted by atomic mass is 35.5. The standard InChI is InChI=1S/C14H19ClN2O/c1-14(2,11-5-3-4-6-12(11)15)13(18)17-8-7-10(16)9-17/h3-6,10H,7-9,16H2,1-2H3/t10-/m1/s1. The normalized spacial score (nSPS) is 20.2. The van der Waals surface area contributed by atoms with Crippen molar-refractivity contribution in [1.29, 1.82) is 0 Å². The van der Waals surface area contributed by atoms with Crippen LogP contribution in [-0.4, -0.2) is 29.9 Å². The van der Waals surface area contributed by atoms with Crippen LogP contribution in [0.25, 0.3) is 0 Å². The molecule has 0 aromatic heterocycles. The molecule has 1 atom stereocenters. The Kier molecular flexibility index (Phi) is 3.64. The van der Waals surface area contributed by atoms with Gasteiger partial charge in [-0.3, -0.25) is 4.79 Å². The van der Waals surface area contributed by atoms with E-state index in [1.165, 1.54) is 0 Å². The van der Waals surface area contributed by atoms with Gasteiger partial charge >= 0.3 is 0 Å². The molecule has 1 aromatic carbocycles. The molecule has 98 valence electrons. The minimum atomic E-state index is -0.609. The van der Waals surface area contributed by atoms with Gasteiger partial charge in [-0.1, -0.05) is 29.8 Å². The number of carbonyl (C=O) groups is 1. The number of rotatable bonds is 2. The molecule has 1 fully saturated rings. The van der Waals surface area contributed by atoms with E-state index in [9.17, 15) is 4.79 Å². The van der Waals surface area contributed by atoms with Gasteiger partial charge in [0.1, 0.15) is 0 Å². The molecule has 1 aromatic rings. The molecule has 0 unspecified atom stereocenters. The van der Waals surface area contributed by atoms with Gasteiger partial charge in [-0.25, -0.2) is 0 Å². The zero-order chi connectivity index (χ0) is 13.3. The van der Waals surface area contributed by atoms with Crippen molar-refractivity contribution < 1.29 is 4.79 Å². The third-order valence-electron chi connectivity index (χ3n) is 3.59. The summed E-state index contributed by atoms with van der Waals surface area (Å²) in [5.41, 5.74) is 6.12. The molecule has 0 aliphatic carbocycles. The Morgan fingerprint density at radius 1 is 1.44 bits per heavy atom. The summed E-state index contributed by atoms with van der Waals surface area (Å²) in [5, 5.41) is 0.638. The molecule has 2 N–H and O–H groups in total. The number of nitrogens with zero attached hydrogens (tertiary/aromatic N) is 1. The average Bonchev–Trinajstić information content (AvgIpc) is 2.75. The number of amides is 1. The summed E-state index contributed by atoms with van der Waals surface area (Å²) in [4.78, 5) is 14.4. The summed E-state index contributed by atoms with van der Waals surface area (Å²) < 4.78 is 0. The summed E-state index contributed by atoms with van der Waals surface area (Å²) in [7, 11) is 0. The third-order valence-corrected chi connectivity index (χ3v) is 3.92. The minimum absolute atomic E-state index is 0.101. The maximum atomic E-state index is 12.6. The second-order valence-corrected chi connectivity index (χ2v) is 5.81. The van der Waals surface area contributed by atoms with Crippen molar-refractivity contribution in [2.24, 2.45) is 5.73 Å². The Hall–Kier alpha value is -1.06. The van der Waals surface area contributed by atoms with Gasteiger partial charge in [-0.15, -0.1) is 0 Å². The van der Waals surface area contributed by atoms with Crippen molar-refractivity contribution in [3.05, 3.63) is 34.9 Å². The van der Waals surface area contributed by atoms with Crippen LogP contribution in [0.15, 0.2) is 24.3 Å². The molecule has 18 heavy (non-hydrogen) atoms. The molecule has 1 heterocycles. The predicted molar refractivity (Wildman–Crippen MR) is 73.7 cm³/mol. The van der Waals surface area contributed by atoms with E-state index in [4.69, 9.17) is 17.3 Å². The molecule has 0 radical (unpaired) electrons. The van der Waals surface area contributed by atoms with Crippen LogP contribution in [0.1, 0.15) is 25.8 Å². The predicted octanol–water partition coefficient (Wildman–Crippen LogP) is 2.18. The largest absolute Gasteiger partial charge is 0.340 e. The van der Waals surface area contributed by atoms with E-state index in [-0.39, 0.29) is 11.9 Å². The van der Waals surface area contributed by atoms with E-state index in [1.54, 1.807) is 0 Å². The van der Waals surface area contributed by atoms with Gasteiger partial charge in [0.05, 0.1) is 5.41 Å². The van der Waals surface area contributed by atoms with Gasteiger partial charge in [-0.2, -0.15) is 0 Å². The number of halogens is 1. The highest BCUT2D eigenvalue weighted by Crippen LogP contribution is 2.32. The summed E-state index contributed by atoms with van der Waals surface area (Å²) >= 11 is 6.19. The fourth-order valence-electron chi connectivity index (χ4n) is 2.45. The molecule has 1 amide bonds. The van der Waals surface area contributed by atoms with Crippen molar-refractivity contribution >= 4 is 17.5 Å². The Morgan fingerprint density at radius 3 is 2.67 bits per heavy atom. The molecule has 0 saturated carbocycles. The van der Waals surface area contributed by atoms with Crippen LogP contribution >= 0.6 is 11.6 Å². The lowest BCUT2D eigenvalue weighted by Crippen LogP contribution is -2.43. The lowest BCUT2D eigenvalue weighted by atomic mass is 9.83. The molecule has 1 aliphatic rings. The first-order valence-electron chi connectivity index (χ1n) is 6.23. The molecular weight excluding hydrogens is 248 g/mol. The molecule has 3 nitrogen and oxygen atoms in total. The number of hydrogen-bond acceptors (Lipinski definition) is 2. The molecule has 4 heteroatoms. The lowest BCUT2D eigenvalue weighted by Gasteiger charge is -2.30. The topological polar surface area (TPSA) is 46.3 Å². The maximum Gasteiger partial charge on any atom is 0.232 e. The second-order valence-electron chi connectivity index (χ2n) is 5.40.